The van der Waals surface area contributed by atoms with Crippen molar-refractivity contribution < 1.29 is 9.59 Å². The molecular weight excluding hydrogens is 386 g/mol. The van der Waals surface area contributed by atoms with E-state index in [1.807, 2.05) is 78.6 Å². The third-order valence-electron chi connectivity index (χ3n) is 6.19. The van der Waals surface area contributed by atoms with Gasteiger partial charge in [-0.3, -0.25) is 14.5 Å². The molecule has 5 nitrogen and oxygen atoms in total. The maximum absolute atomic E-state index is 12.9. The highest BCUT2D eigenvalue weighted by Crippen LogP contribution is 2.23. The Morgan fingerprint density at radius 3 is 2.29 bits per heavy atom. The molecule has 1 aliphatic heterocycles. The monoisotopic (exact) mass is 415 g/mol. The van der Waals surface area contributed by atoms with E-state index in [-0.39, 0.29) is 17.9 Å². The number of piperazine rings is 1. The first-order valence-electron chi connectivity index (χ1n) is 11.0. The lowest BCUT2D eigenvalue weighted by atomic mass is 10.1. The summed E-state index contributed by atoms with van der Waals surface area (Å²) in [6.07, 6.45) is 0.964. The molecule has 2 amide bonds. The number of nitrogens with one attached hydrogen (secondary N) is 1. The Labute approximate surface area is 183 Å². The summed E-state index contributed by atoms with van der Waals surface area (Å²) in [5.74, 6) is 0.0430. The van der Waals surface area contributed by atoms with Crippen LogP contribution in [0, 0.1) is 0 Å². The first-order valence-corrected chi connectivity index (χ1v) is 11.0. The quantitative estimate of drug-likeness (QED) is 0.680. The van der Waals surface area contributed by atoms with Crippen LogP contribution in [0.3, 0.4) is 0 Å². The van der Waals surface area contributed by atoms with Crippen LogP contribution in [0.4, 0.5) is 5.69 Å². The molecule has 0 saturated carbocycles. The minimum Gasteiger partial charge on any atom is -0.336 e. The normalized spacial score (nSPS) is 15.6. The summed E-state index contributed by atoms with van der Waals surface area (Å²) >= 11 is 0. The number of hydrogen-bond acceptors (Lipinski definition) is 3. The van der Waals surface area contributed by atoms with Gasteiger partial charge in [-0.25, -0.2) is 0 Å². The molecule has 160 valence electrons. The van der Waals surface area contributed by atoms with Crippen LogP contribution >= 0.6 is 0 Å². The van der Waals surface area contributed by atoms with Gasteiger partial charge in [-0.2, -0.15) is 0 Å². The van der Waals surface area contributed by atoms with Crippen molar-refractivity contribution in [2.45, 2.75) is 26.3 Å². The molecule has 31 heavy (non-hydrogen) atoms. The lowest BCUT2D eigenvalue weighted by molar-refractivity contribution is -0.121. The number of amides is 2. The topological polar surface area (TPSA) is 52.7 Å². The zero-order chi connectivity index (χ0) is 21.8. The van der Waals surface area contributed by atoms with Gasteiger partial charge in [0.15, 0.2) is 0 Å². The second kappa shape index (κ2) is 9.31. The molecule has 3 aromatic rings. The minimum atomic E-state index is -0.264. The van der Waals surface area contributed by atoms with Gasteiger partial charge in [0.1, 0.15) is 0 Å². The second-order valence-electron chi connectivity index (χ2n) is 8.07. The number of fused-ring (bicyclic) bond motifs is 1. The standard InChI is InChI=1S/C26H29N3O2/c1-3-20-11-13-22(14-12-20)26(31)29-17-15-28(16-18-29)19(2)25(30)27-24-10-6-8-21-7-4-5-9-23(21)24/h4-14,19H,3,15-18H2,1-2H3,(H,27,30). The van der Waals surface area contributed by atoms with Gasteiger partial charge in [0.2, 0.25) is 5.91 Å². The SMILES string of the molecule is CCc1ccc(C(=O)N2CCN(C(C)C(=O)Nc3cccc4ccccc34)CC2)cc1. The molecule has 0 bridgehead atoms. The molecule has 0 spiro atoms. The molecule has 1 saturated heterocycles. The molecule has 1 unspecified atom stereocenters. The Hall–Kier alpha value is -3.18. The van der Waals surface area contributed by atoms with Crippen molar-refractivity contribution >= 4 is 28.3 Å². The average molecular weight is 416 g/mol. The van der Waals surface area contributed by atoms with Crippen molar-refractivity contribution in [1.82, 2.24) is 9.80 Å². The molecule has 1 heterocycles. The number of nitrogens with zero attached hydrogens (tertiary/aromatic N) is 2. The fourth-order valence-electron chi connectivity index (χ4n) is 4.12. The largest absolute Gasteiger partial charge is 0.336 e. The van der Waals surface area contributed by atoms with Crippen LogP contribution in [-0.2, 0) is 11.2 Å². The summed E-state index contributed by atoms with van der Waals surface area (Å²) in [6, 6.07) is 21.6. The Morgan fingerprint density at radius 1 is 0.903 bits per heavy atom. The maximum atomic E-state index is 12.9. The molecule has 1 N–H and O–H groups in total. The van der Waals surface area contributed by atoms with Gasteiger partial charge < -0.3 is 10.2 Å². The van der Waals surface area contributed by atoms with Crippen LogP contribution in [0.25, 0.3) is 10.8 Å². The molecule has 0 aliphatic carbocycles. The zero-order valence-electron chi connectivity index (χ0n) is 18.2. The molecule has 0 radical (unpaired) electrons. The number of carbonyl (C=O) groups is 2. The molecule has 4 rings (SSSR count). The first-order chi connectivity index (χ1) is 15.1. The molecule has 1 fully saturated rings. The average Bonchev–Trinajstić information content (AvgIpc) is 2.83. The number of hydrogen-bond donors (Lipinski definition) is 1. The van der Waals surface area contributed by atoms with Gasteiger partial charge in [0.05, 0.1) is 6.04 Å². The van der Waals surface area contributed by atoms with Crippen molar-refractivity contribution in [3.8, 4) is 0 Å². The predicted molar refractivity (Wildman–Crippen MR) is 125 cm³/mol. The van der Waals surface area contributed by atoms with Crippen molar-refractivity contribution in [3.63, 3.8) is 0 Å². The molecular formula is C26H29N3O2. The van der Waals surface area contributed by atoms with E-state index in [0.29, 0.717) is 26.2 Å². The Kier molecular flexibility index (Phi) is 6.33. The van der Waals surface area contributed by atoms with Crippen molar-refractivity contribution in [1.29, 1.82) is 0 Å². The van der Waals surface area contributed by atoms with Gasteiger partial charge in [0.25, 0.3) is 5.91 Å². The Balaban J connectivity index is 1.35. The minimum absolute atomic E-state index is 0.0220. The molecule has 3 aromatic carbocycles. The molecule has 1 aliphatic rings. The van der Waals surface area contributed by atoms with Crippen LogP contribution in [0.15, 0.2) is 66.7 Å². The van der Waals surface area contributed by atoms with Crippen LogP contribution in [0.2, 0.25) is 0 Å². The van der Waals surface area contributed by atoms with E-state index >= 15 is 0 Å². The molecule has 0 aromatic heterocycles. The first kappa shape index (κ1) is 21.1. The number of rotatable bonds is 5. The lowest BCUT2D eigenvalue weighted by Gasteiger charge is -2.37. The van der Waals surface area contributed by atoms with Crippen molar-refractivity contribution in [2.24, 2.45) is 0 Å². The van der Waals surface area contributed by atoms with E-state index in [1.54, 1.807) is 0 Å². The Bertz CT molecular complexity index is 1060. The van der Waals surface area contributed by atoms with Gasteiger partial charge >= 0.3 is 0 Å². The Morgan fingerprint density at radius 2 is 1.58 bits per heavy atom. The highest BCUT2D eigenvalue weighted by atomic mass is 16.2. The maximum Gasteiger partial charge on any atom is 0.253 e. The van der Waals surface area contributed by atoms with E-state index in [9.17, 15) is 9.59 Å². The summed E-state index contributed by atoms with van der Waals surface area (Å²) in [7, 11) is 0. The van der Waals surface area contributed by atoms with Gasteiger partial charge in [-0.1, -0.05) is 55.5 Å². The summed E-state index contributed by atoms with van der Waals surface area (Å²) in [4.78, 5) is 29.7. The fourth-order valence-corrected chi connectivity index (χ4v) is 4.12. The van der Waals surface area contributed by atoms with Gasteiger partial charge in [-0.05, 0) is 42.5 Å². The van der Waals surface area contributed by atoms with Gasteiger partial charge in [0, 0.05) is 42.8 Å². The number of benzene rings is 3. The zero-order valence-corrected chi connectivity index (χ0v) is 18.2. The highest BCUT2D eigenvalue weighted by Gasteiger charge is 2.28. The fraction of sp³-hybridized carbons (Fsp3) is 0.308. The van der Waals surface area contributed by atoms with Crippen molar-refractivity contribution in [3.05, 3.63) is 77.9 Å². The van der Waals surface area contributed by atoms with E-state index in [4.69, 9.17) is 0 Å². The van der Waals surface area contributed by atoms with E-state index in [1.165, 1.54) is 5.56 Å². The number of carbonyl (C=O) groups excluding carboxylic acids is 2. The summed E-state index contributed by atoms with van der Waals surface area (Å²) in [5, 5.41) is 5.23. The third-order valence-corrected chi connectivity index (χ3v) is 6.19. The van der Waals surface area contributed by atoms with Crippen LogP contribution in [0.1, 0.15) is 29.8 Å². The van der Waals surface area contributed by atoms with E-state index in [2.05, 4.69) is 17.1 Å². The second-order valence-corrected chi connectivity index (χ2v) is 8.07. The van der Waals surface area contributed by atoms with Crippen LogP contribution in [0.5, 0.6) is 0 Å². The number of aryl methyl sites for hydroxylation is 1. The lowest BCUT2D eigenvalue weighted by Crippen LogP contribution is -2.54. The summed E-state index contributed by atoms with van der Waals surface area (Å²) < 4.78 is 0. The molecule has 5 heteroatoms. The summed E-state index contributed by atoms with van der Waals surface area (Å²) in [6.45, 7) is 6.65. The third kappa shape index (κ3) is 4.62. The predicted octanol–water partition coefficient (Wildman–Crippen LogP) is 4.19. The smallest absolute Gasteiger partial charge is 0.253 e. The van der Waals surface area contributed by atoms with Gasteiger partial charge in [-0.15, -0.1) is 0 Å². The molecule has 1 atom stereocenters. The van der Waals surface area contributed by atoms with E-state index < -0.39 is 0 Å². The van der Waals surface area contributed by atoms with Crippen LogP contribution < -0.4 is 5.32 Å². The summed E-state index contributed by atoms with van der Waals surface area (Å²) in [5.41, 5.74) is 2.79. The van der Waals surface area contributed by atoms with E-state index in [0.717, 1.165) is 28.4 Å². The number of anilines is 1. The van der Waals surface area contributed by atoms with Crippen LogP contribution in [-0.4, -0.2) is 53.8 Å². The van der Waals surface area contributed by atoms with Crippen molar-refractivity contribution in [2.75, 3.05) is 31.5 Å². The highest BCUT2D eigenvalue weighted by molar-refractivity contribution is 6.03.